The van der Waals surface area contributed by atoms with E-state index < -0.39 is 0 Å². The molecule has 0 saturated carbocycles. The molecule has 0 aromatic rings. The van der Waals surface area contributed by atoms with Crippen molar-refractivity contribution in [3.63, 3.8) is 0 Å². The highest BCUT2D eigenvalue weighted by Crippen LogP contribution is 2.21. The fourth-order valence-corrected chi connectivity index (χ4v) is 3.37. The van der Waals surface area contributed by atoms with Crippen LogP contribution in [0.1, 0.15) is 46.0 Å². The molecule has 1 N–H and O–H groups in total. The normalized spacial score (nSPS) is 22.3. The van der Waals surface area contributed by atoms with Crippen LogP contribution in [-0.2, 0) is 0 Å². The molecule has 1 aliphatic rings. The zero-order valence-electron chi connectivity index (χ0n) is 13.1. The third-order valence-electron chi connectivity index (χ3n) is 4.55. The maximum absolute atomic E-state index is 3.53. The molecule has 2 atom stereocenters. The lowest BCUT2D eigenvalue weighted by Gasteiger charge is -2.42. The fourth-order valence-electron chi connectivity index (χ4n) is 3.37. The van der Waals surface area contributed by atoms with E-state index in [-0.39, 0.29) is 0 Å². The summed E-state index contributed by atoms with van der Waals surface area (Å²) in [5.41, 5.74) is 0. The van der Waals surface area contributed by atoms with Crippen LogP contribution in [0.25, 0.3) is 0 Å². The van der Waals surface area contributed by atoms with Crippen molar-refractivity contribution in [2.75, 3.05) is 34.2 Å². The van der Waals surface area contributed by atoms with Gasteiger partial charge in [0, 0.05) is 18.1 Å². The molecule has 3 nitrogen and oxygen atoms in total. The van der Waals surface area contributed by atoms with Crippen LogP contribution in [0, 0.1) is 0 Å². The summed E-state index contributed by atoms with van der Waals surface area (Å²) in [4.78, 5) is 5.11. The van der Waals surface area contributed by atoms with Gasteiger partial charge < -0.3 is 10.2 Å². The maximum atomic E-state index is 3.53. The summed E-state index contributed by atoms with van der Waals surface area (Å²) in [5, 5.41) is 3.53. The summed E-state index contributed by atoms with van der Waals surface area (Å²) in [6, 6.07) is 2.17. The van der Waals surface area contributed by atoms with Crippen LogP contribution >= 0.6 is 0 Å². The lowest BCUT2D eigenvalue weighted by molar-refractivity contribution is 0.0860. The van der Waals surface area contributed by atoms with Crippen LogP contribution in [-0.4, -0.2) is 62.2 Å². The van der Waals surface area contributed by atoms with Crippen molar-refractivity contribution in [1.29, 1.82) is 0 Å². The van der Waals surface area contributed by atoms with Crippen molar-refractivity contribution >= 4 is 0 Å². The molecule has 108 valence electrons. The summed E-state index contributed by atoms with van der Waals surface area (Å²) >= 11 is 0. The average Bonchev–Trinajstić information content (AvgIpc) is 2.39. The topological polar surface area (TPSA) is 18.5 Å². The molecule has 2 unspecified atom stereocenters. The molecule has 1 fully saturated rings. The van der Waals surface area contributed by atoms with Crippen LogP contribution in [0.4, 0.5) is 0 Å². The van der Waals surface area contributed by atoms with Crippen LogP contribution < -0.4 is 5.32 Å². The Morgan fingerprint density at radius 3 is 2.22 bits per heavy atom. The molecule has 0 bridgehead atoms. The van der Waals surface area contributed by atoms with Crippen molar-refractivity contribution in [2.24, 2.45) is 0 Å². The lowest BCUT2D eigenvalue weighted by Crippen LogP contribution is -2.53. The molecule has 1 saturated heterocycles. The summed E-state index contributed by atoms with van der Waals surface area (Å²) in [6.07, 6.45) is 6.48. The van der Waals surface area contributed by atoms with Gasteiger partial charge in [0.2, 0.25) is 0 Å². The van der Waals surface area contributed by atoms with E-state index in [2.05, 4.69) is 50.1 Å². The van der Waals surface area contributed by atoms with Crippen molar-refractivity contribution < 1.29 is 0 Å². The Kier molecular flexibility index (Phi) is 7.20. The minimum absolute atomic E-state index is 0.663. The zero-order chi connectivity index (χ0) is 13.5. The minimum atomic E-state index is 0.663. The second-order valence-corrected chi connectivity index (χ2v) is 5.89. The molecule has 0 spiro atoms. The van der Waals surface area contributed by atoms with Crippen molar-refractivity contribution in [3.8, 4) is 0 Å². The number of nitrogens with one attached hydrogen (secondary N) is 1. The standard InChI is InChI=1S/C15H33N3/c1-6-8-14(16-3)15(7-2)18-11-9-13(10-12-18)17(4)5/h13-16H,6-12H2,1-5H3. The first-order valence-electron chi connectivity index (χ1n) is 7.71. The van der Waals surface area contributed by atoms with Crippen LogP contribution in [0.2, 0.25) is 0 Å². The molecule has 1 heterocycles. The quantitative estimate of drug-likeness (QED) is 0.752. The van der Waals surface area contributed by atoms with Gasteiger partial charge in [0.1, 0.15) is 0 Å². The Hall–Kier alpha value is -0.120. The Labute approximate surface area is 114 Å². The highest BCUT2D eigenvalue weighted by atomic mass is 15.2. The van der Waals surface area contributed by atoms with E-state index >= 15 is 0 Å². The monoisotopic (exact) mass is 255 g/mol. The predicted molar refractivity (Wildman–Crippen MR) is 80.1 cm³/mol. The zero-order valence-corrected chi connectivity index (χ0v) is 13.1. The van der Waals surface area contributed by atoms with Crippen LogP contribution in [0.5, 0.6) is 0 Å². The average molecular weight is 255 g/mol. The number of nitrogens with zero attached hydrogens (tertiary/aromatic N) is 2. The molecule has 0 aromatic carbocycles. The number of hydrogen-bond acceptors (Lipinski definition) is 3. The highest BCUT2D eigenvalue weighted by molar-refractivity contribution is 4.87. The Morgan fingerprint density at radius 1 is 1.22 bits per heavy atom. The Bertz CT molecular complexity index is 210. The summed E-state index contributed by atoms with van der Waals surface area (Å²) in [5.74, 6) is 0. The van der Waals surface area contributed by atoms with E-state index in [0.717, 1.165) is 12.1 Å². The van der Waals surface area contributed by atoms with Gasteiger partial charge in [0.25, 0.3) is 0 Å². The molecule has 0 aliphatic carbocycles. The van der Waals surface area contributed by atoms with Gasteiger partial charge in [-0.15, -0.1) is 0 Å². The highest BCUT2D eigenvalue weighted by Gasteiger charge is 2.28. The van der Waals surface area contributed by atoms with Gasteiger partial charge in [0.15, 0.2) is 0 Å². The van der Waals surface area contributed by atoms with Gasteiger partial charge in [0.05, 0.1) is 0 Å². The van der Waals surface area contributed by atoms with Gasteiger partial charge in [-0.1, -0.05) is 20.3 Å². The first-order chi connectivity index (χ1) is 8.63. The second-order valence-electron chi connectivity index (χ2n) is 5.89. The summed E-state index contributed by atoms with van der Waals surface area (Å²) < 4.78 is 0. The van der Waals surface area contributed by atoms with E-state index in [1.165, 1.54) is 45.2 Å². The summed E-state index contributed by atoms with van der Waals surface area (Å²) in [6.45, 7) is 7.16. The minimum Gasteiger partial charge on any atom is -0.315 e. The third-order valence-corrected chi connectivity index (χ3v) is 4.55. The number of likely N-dealkylation sites (tertiary alicyclic amines) is 1. The number of rotatable bonds is 7. The van der Waals surface area contributed by atoms with Crippen LogP contribution in [0.3, 0.4) is 0 Å². The van der Waals surface area contributed by atoms with E-state index in [4.69, 9.17) is 0 Å². The smallest absolute Gasteiger partial charge is 0.0246 e. The van der Waals surface area contributed by atoms with Gasteiger partial charge in [-0.25, -0.2) is 0 Å². The van der Waals surface area contributed by atoms with E-state index in [0.29, 0.717) is 6.04 Å². The Morgan fingerprint density at radius 2 is 1.83 bits per heavy atom. The molecule has 18 heavy (non-hydrogen) atoms. The van der Waals surface area contributed by atoms with E-state index in [1.807, 2.05) is 0 Å². The van der Waals surface area contributed by atoms with Crippen molar-refractivity contribution in [2.45, 2.75) is 64.1 Å². The van der Waals surface area contributed by atoms with Gasteiger partial charge in [-0.2, -0.15) is 0 Å². The number of likely N-dealkylation sites (N-methyl/N-ethyl adjacent to an activating group) is 1. The molecular weight excluding hydrogens is 222 g/mol. The largest absolute Gasteiger partial charge is 0.315 e. The fraction of sp³-hybridized carbons (Fsp3) is 1.00. The lowest BCUT2D eigenvalue weighted by atomic mass is 9.95. The summed E-state index contributed by atoms with van der Waals surface area (Å²) in [7, 11) is 6.55. The van der Waals surface area contributed by atoms with Gasteiger partial charge in [-0.05, 0) is 59.9 Å². The van der Waals surface area contributed by atoms with Crippen LogP contribution in [0.15, 0.2) is 0 Å². The van der Waals surface area contributed by atoms with Crippen molar-refractivity contribution in [3.05, 3.63) is 0 Å². The number of piperidine rings is 1. The molecule has 1 rings (SSSR count). The van der Waals surface area contributed by atoms with E-state index in [9.17, 15) is 0 Å². The van der Waals surface area contributed by atoms with Gasteiger partial charge in [-0.3, -0.25) is 4.90 Å². The second kappa shape index (κ2) is 8.13. The third kappa shape index (κ3) is 4.22. The molecule has 0 aromatic heterocycles. The predicted octanol–water partition coefficient (Wildman–Crippen LogP) is 2.18. The molecule has 1 aliphatic heterocycles. The Balaban J connectivity index is 2.51. The number of hydrogen-bond donors (Lipinski definition) is 1. The molecule has 0 radical (unpaired) electrons. The molecule has 3 heteroatoms. The first-order valence-corrected chi connectivity index (χ1v) is 7.71. The van der Waals surface area contributed by atoms with E-state index in [1.54, 1.807) is 0 Å². The molecule has 0 amide bonds. The van der Waals surface area contributed by atoms with Gasteiger partial charge >= 0.3 is 0 Å². The first kappa shape index (κ1) is 15.9. The van der Waals surface area contributed by atoms with Crippen molar-refractivity contribution in [1.82, 2.24) is 15.1 Å². The SMILES string of the molecule is CCCC(NC)C(CC)N1CCC(N(C)C)CC1. The molecular formula is C15H33N3. The maximum Gasteiger partial charge on any atom is 0.0246 e.